The van der Waals surface area contributed by atoms with E-state index in [1.165, 1.54) is 24.3 Å². The van der Waals surface area contributed by atoms with Gasteiger partial charge in [0.15, 0.2) is 17.7 Å². The van der Waals surface area contributed by atoms with Gasteiger partial charge in [-0.2, -0.15) is 0 Å². The van der Waals surface area contributed by atoms with Gasteiger partial charge in [-0.15, -0.1) is 9.42 Å². The molecule has 14 heteroatoms. The molecule has 2 aromatic heterocycles. The van der Waals surface area contributed by atoms with E-state index in [4.69, 9.17) is 20.1 Å². The molecule has 0 spiro atoms. The molecule has 0 radical (unpaired) electrons. The zero-order chi connectivity index (χ0) is 20.3. The predicted octanol–water partition coefficient (Wildman–Crippen LogP) is -1.15. The maximum absolute atomic E-state index is 11.4. The summed E-state index contributed by atoms with van der Waals surface area (Å²) >= 11 is 0. The van der Waals surface area contributed by atoms with Crippen molar-refractivity contribution in [2.45, 2.75) is 31.0 Å². The SMILES string of the molecule is CNC(=O)CCO[C@H]1C(O)[C@@H](CO[P+](=O)O)O[C@H]1n1cnc2c(N)ncnc21. The van der Waals surface area contributed by atoms with Gasteiger partial charge in [-0.05, 0) is 0 Å². The number of aliphatic hydroxyl groups is 1. The molecule has 0 bridgehead atoms. The third-order valence-corrected chi connectivity index (χ3v) is 4.61. The van der Waals surface area contributed by atoms with E-state index >= 15 is 0 Å². The molecule has 3 heterocycles. The Morgan fingerprint density at radius 2 is 2.25 bits per heavy atom. The average molecular weight is 415 g/mol. The van der Waals surface area contributed by atoms with E-state index in [1.54, 1.807) is 0 Å². The normalized spacial score (nSPS) is 25.2. The van der Waals surface area contributed by atoms with Crippen molar-refractivity contribution in [2.24, 2.45) is 0 Å². The lowest BCUT2D eigenvalue weighted by Crippen LogP contribution is -2.36. The van der Waals surface area contributed by atoms with Crippen LogP contribution < -0.4 is 11.1 Å². The Balaban J connectivity index is 1.84. The Morgan fingerprint density at radius 1 is 1.46 bits per heavy atom. The van der Waals surface area contributed by atoms with E-state index < -0.39 is 32.8 Å². The molecule has 5 atom stereocenters. The quantitative estimate of drug-likeness (QED) is 0.382. The standard InChI is InChI=1S/C14H19N6O7P/c1-16-8(21)2-3-25-11-10(22)7(4-26-28(23)24)27-14(11)20-6-19-9-12(15)17-5-18-13(9)20/h5-7,10-11,14,22H,2-4H2,1H3,(H3-,15,16,17,18,21,23,24)/p+1/t7-,10?,11+,14-/m1/s1. The molecule has 2 unspecified atom stereocenters. The van der Waals surface area contributed by atoms with Gasteiger partial charge >= 0.3 is 8.25 Å². The molecule has 0 saturated carbocycles. The highest BCUT2D eigenvalue weighted by molar-refractivity contribution is 7.32. The van der Waals surface area contributed by atoms with Gasteiger partial charge in [0, 0.05) is 18.0 Å². The first kappa shape index (κ1) is 20.5. The number of amides is 1. The first-order valence-electron chi connectivity index (χ1n) is 8.30. The molecule has 3 rings (SSSR count). The van der Waals surface area contributed by atoms with Crippen LogP contribution in [0.1, 0.15) is 12.6 Å². The first-order chi connectivity index (χ1) is 13.4. The summed E-state index contributed by atoms with van der Waals surface area (Å²) in [7, 11) is -1.35. The van der Waals surface area contributed by atoms with E-state index in [0.29, 0.717) is 11.2 Å². The third-order valence-electron chi connectivity index (χ3n) is 4.24. The number of fused-ring (bicyclic) bond motifs is 1. The minimum atomic E-state index is -2.85. The number of anilines is 1. The van der Waals surface area contributed by atoms with Crippen molar-refractivity contribution >= 4 is 31.1 Å². The summed E-state index contributed by atoms with van der Waals surface area (Å²) in [5.74, 6) is -0.0488. The molecule has 0 aromatic carbocycles. The number of nitrogen functional groups attached to an aromatic ring is 1. The molecule has 5 N–H and O–H groups in total. The van der Waals surface area contributed by atoms with Crippen molar-refractivity contribution in [3.63, 3.8) is 0 Å². The van der Waals surface area contributed by atoms with E-state index in [2.05, 4.69) is 24.8 Å². The fourth-order valence-electron chi connectivity index (χ4n) is 2.87. The number of carbonyl (C=O) groups excluding carboxylic acids is 1. The van der Waals surface area contributed by atoms with E-state index in [9.17, 15) is 14.5 Å². The Bertz CT molecular complexity index is 864. The van der Waals surface area contributed by atoms with Crippen molar-refractivity contribution in [2.75, 3.05) is 26.0 Å². The van der Waals surface area contributed by atoms with Crippen LogP contribution in [0.25, 0.3) is 11.2 Å². The molecule has 1 saturated heterocycles. The van der Waals surface area contributed by atoms with Crippen LogP contribution in [-0.2, 0) is 23.4 Å². The molecule has 2 aromatic rings. The van der Waals surface area contributed by atoms with Gasteiger partial charge in [-0.3, -0.25) is 9.36 Å². The second-order valence-corrected chi connectivity index (χ2v) is 6.66. The first-order valence-corrected chi connectivity index (χ1v) is 9.43. The smallest absolute Gasteiger partial charge is 0.387 e. The molecular formula is C14H20N6O7P+. The van der Waals surface area contributed by atoms with E-state index in [0.717, 1.165) is 0 Å². The maximum Gasteiger partial charge on any atom is 0.694 e. The maximum atomic E-state index is 11.4. The number of nitrogens with zero attached hydrogens (tertiary/aromatic N) is 4. The van der Waals surface area contributed by atoms with Gasteiger partial charge in [0.05, 0.1) is 12.9 Å². The molecule has 1 aliphatic heterocycles. The average Bonchev–Trinajstić information content (AvgIpc) is 3.22. The topological polar surface area (TPSA) is 184 Å². The van der Waals surface area contributed by atoms with Crippen molar-refractivity contribution in [1.29, 1.82) is 0 Å². The summed E-state index contributed by atoms with van der Waals surface area (Å²) < 4.78 is 28.5. The van der Waals surface area contributed by atoms with E-state index in [1.807, 2.05) is 0 Å². The van der Waals surface area contributed by atoms with Crippen molar-refractivity contribution in [1.82, 2.24) is 24.8 Å². The van der Waals surface area contributed by atoms with Gasteiger partial charge in [0.2, 0.25) is 5.91 Å². The van der Waals surface area contributed by atoms with Crippen LogP contribution in [0.2, 0.25) is 0 Å². The molecule has 1 aliphatic rings. The van der Waals surface area contributed by atoms with Crippen LogP contribution >= 0.6 is 8.25 Å². The number of nitrogens with two attached hydrogens (primary N) is 1. The molecule has 28 heavy (non-hydrogen) atoms. The highest BCUT2D eigenvalue weighted by Crippen LogP contribution is 2.35. The summed E-state index contributed by atoms with van der Waals surface area (Å²) in [6, 6.07) is 0. The van der Waals surface area contributed by atoms with Crippen LogP contribution in [-0.4, -0.2) is 74.0 Å². The molecule has 1 amide bonds. The number of aliphatic hydroxyl groups excluding tert-OH is 1. The number of aromatic nitrogens is 4. The van der Waals surface area contributed by atoms with Gasteiger partial charge < -0.3 is 25.6 Å². The van der Waals surface area contributed by atoms with Crippen LogP contribution in [0.3, 0.4) is 0 Å². The van der Waals surface area contributed by atoms with Crippen molar-refractivity contribution in [3.05, 3.63) is 12.7 Å². The number of ether oxygens (including phenoxy) is 2. The highest BCUT2D eigenvalue weighted by Gasteiger charge is 2.47. The Kier molecular flexibility index (Phi) is 6.44. The minimum absolute atomic E-state index is 0.0207. The molecule has 152 valence electrons. The van der Waals surface area contributed by atoms with Gasteiger partial charge in [-0.1, -0.05) is 0 Å². The number of nitrogens with one attached hydrogen (secondary N) is 1. The number of imidazole rings is 1. The van der Waals surface area contributed by atoms with Crippen LogP contribution in [0.4, 0.5) is 5.82 Å². The lowest BCUT2D eigenvalue weighted by molar-refractivity contribution is -0.123. The summed E-state index contributed by atoms with van der Waals surface area (Å²) in [6.45, 7) is -0.310. The summed E-state index contributed by atoms with van der Waals surface area (Å²) in [4.78, 5) is 32.4. The Labute approximate surface area is 159 Å². The number of hydrogen-bond donors (Lipinski definition) is 4. The molecule has 0 aliphatic carbocycles. The number of rotatable bonds is 8. The summed E-state index contributed by atoms with van der Waals surface area (Å²) in [6.07, 6.45) is -1.18. The number of hydrogen-bond acceptors (Lipinski definition) is 10. The highest BCUT2D eigenvalue weighted by atomic mass is 31.1. The van der Waals surface area contributed by atoms with Crippen LogP contribution in [0, 0.1) is 0 Å². The monoisotopic (exact) mass is 415 g/mol. The minimum Gasteiger partial charge on any atom is -0.387 e. The fourth-order valence-corrected chi connectivity index (χ4v) is 3.14. The Hall–Kier alpha value is -2.28. The van der Waals surface area contributed by atoms with Gasteiger partial charge in [0.1, 0.15) is 36.8 Å². The fraction of sp³-hybridized carbons (Fsp3) is 0.571. The summed E-state index contributed by atoms with van der Waals surface area (Å²) in [5.41, 5.74) is 6.50. The Morgan fingerprint density at radius 3 is 2.96 bits per heavy atom. The second kappa shape index (κ2) is 8.82. The summed E-state index contributed by atoms with van der Waals surface area (Å²) in [5, 5.41) is 13.1. The van der Waals surface area contributed by atoms with E-state index in [-0.39, 0.29) is 31.4 Å². The van der Waals surface area contributed by atoms with Gasteiger partial charge in [0.25, 0.3) is 0 Å². The van der Waals surface area contributed by atoms with Crippen molar-refractivity contribution < 1.29 is 33.4 Å². The van der Waals surface area contributed by atoms with Crippen LogP contribution in [0.15, 0.2) is 12.7 Å². The molecule has 1 fully saturated rings. The zero-order valence-electron chi connectivity index (χ0n) is 14.8. The second-order valence-electron chi connectivity index (χ2n) is 5.93. The van der Waals surface area contributed by atoms with Crippen LogP contribution in [0.5, 0.6) is 0 Å². The third kappa shape index (κ3) is 4.24. The lowest BCUT2D eigenvalue weighted by atomic mass is 10.1. The van der Waals surface area contributed by atoms with Crippen molar-refractivity contribution in [3.8, 4) is 0 Å². The largest absolute Gasteiger partial charge is 0.694 e. The lowest BCUT2D eigenvalue weighted by Gasteiger charge is -2.22. The van der Waals surface area contributed by atoms with Gasteiger partial charge in [-0.25, -0.2) is 15.0 Å². The molecular weight excluding hydrogens is 395 g/mol. The zero-order valence-corrected chi connectivity index (χ0v) is 15.7. The number of carbonyl (C=O) groups is 1. The predicted molar refractivity (Wildman–Crippen MR) is 93.9 cm³/mol. The molecule has 13 nitrogen and oxygen atoms in total.